The Balaban J connectivity index is 1.31. The quantitative estimate of drug-likeness (QED) is 0.242. The second kappa shape index (κ2) is 10.2. The lowest BCUT2D eigenvalue weighted by molar-refractivity contribution is -0.140. The number of ether oxygens (including phenoxy) is 1. The van der Waals surface area contributed by atoms with Gasteiger partial charge in [0.2, 0.25) is 0 Å². The summed E-state index contributed by atoms with van der Waals surface area (Å²) in [5.41, 5.74) is 4.54. The standard InChI is InChI=1S/C28H22Cl2N2O4S/c1-16-24(31-27(35)36-15-20-4-2-3-5-22(20)29)25(37-32-16)18-8-6-17(7-9-18)19-10-11-21(23(30)14-19)28(12-13-28)26(33)34/h2-11,14H,12-13,15H2,1H3,(H,31,35)(H,33,34). The molecule has 9 heteroatoms. The molecule has 1 heterocycles. The van der Waals surface area contributed by atoms with Gasteiger partial charge in [0.15, 0.2) is 0 Å². The molecule has 37 heavy (non-hydrogen) atoms. The van der Waals surface area contributed by atoms with Crippen molar-refractivity contribution in [2.45, 2.75) is 31.8 Å². The van der Waals surface area contributed by atoms with Crippen molar-refractivity contribution in [3.63, 3.8) is 0 Å². The molecule has 1 saturated carbocycles. The fraction of sp³-hybridized carbons (Fsp3) is 0.179. The van der Waals surface area contributed by atoms with Crippen molar-refractivity contribution in [1.29, 1.82) is 0 Å². The first kappa shape index (κ1) is 25.3. The zero-order chi connectivity index (χ0) is 26.2. The monoisotopic (exact) mass is 552 g/mol. The first-order chi connectivity index (χ1) is 17.8. The van der Waals surface area contributed by atoms with Crippen LogP contribution in [0.25, 0.3) is 21.6 Å². The Kier molecular flexibility index (Phi) is 6.94. The Morgan fingerprint density at radius 1 is 1.00 bits per heavy atom. The average molecular weight is 553 g/mol. The Morgan fingerprint density at radius 3 is 2.32 bits per heavy atom. The molecule has 6 nitrogen and oxygen atoms in total. The second-order valence-corrected chi connectivity index (χ2v) is 10.5. The highest BCUT2D eigenvalue weighted by Gasteiger charge is 2.52. The fourth-order valence-corrected chi connectivity index (χ4v) is 5.63. The molecule has 3 aromatic carbocycles. The topological polar surface area (TPSA) is 88.5 Å². The first-order valence-corrected chi connectivity index (χ1v) is 13.1. The third kappa shape index (κ3) is 5.07. The van der Waals surface area contributed by atoms with Gasteiger partial charge in [-0.1, -0.05) is 77.8 Å². The van der Waals surface area contributed by atoms with Crippen LogP contribution in [0.4, 0.5) is 10.5 Å². The highest BCUT2D eigenvalue weighted by molar-refractivity contribution is 7.10. The zero-order valence-corrected chi connectivity index (χ0v) is 22.1. The number of anilines is 1. The normalized spacial score (nSPS) is 13.7. The molecule has 1 aromatic heterocycles. The number of carboxylic acid groups (broad SMARTS) is 1. The van der Waals surface area contributed by atoms with Crippen LogP contribution in [-0.4, -0.2) is 21.5 Å². The van der Waals surface area contributed by atoms with Gasteiger partial charge in [0.1, 0.15) is 6.61 Å². The van der Waals surface area contributed by atoms with E-state index in [0.717, 1.165) is 27.1 Å². The van der Waals surface area contributed by atoms with E-state index in [2.05, 4.69) is 9.69 Å². The summed E-state index contributed by atoms with van der Waals surface area (Å²) >= 11 is 13.9. The van der Waals surface area contributed by atoms with E-state index in [4.69, 9.17) is 27.9 Å². The van der Waals surface area contributed by atoms with Gasteiger partial charge in [0, 0.05) is 15.6 Å². The van der Waals surface area contributed by atoms with Gasteiger partial charge in [-0.05, 0) is 65.7 Å². The van der Waals surface area contributed by atoms with E-state index in [0.29, 0.717) is 39.8 Å². The number of rotatable bonds is 7. The van der Waals surface area contributed by atoms with Crippen molar-refractivity contribution in [2.75, 3.05) is 5.32 Å². The number of aliphatic carboxylic acids is 1. The highest BCUT2D eigenvalue weighted by atomic mass is 35.5. The molecule has 1 amide bonds. The average Bonchev–Trinajstić information content (AvgIpc) is 3.62. The van der Waals surface area contributed by atoms with E-state index < -0.39 is 17.5 Å². The van der Waals surface area contributed by atoms with Crippen molar-refractivity contribution in [2.24, 2.45) is 0 Å². The summed E-state index contributed by atoms with van der Waals surface area (Å²) < 4.78 is 9.77. The maximum atomic E-state index is 12.5. The van der Waals surface area contributed by atoms with Gasteiger partial charge < -0.3 is 9.84 Å². The number of amides is 1. The highest BCUT2D eigenvalue weighted by Crippen LogP contribution is 2.51. The molecule has 0 radical (unpaired) electrons. The third-order valence-corrected chi connectivity index (χ3v) is 8.20. The summed E-state index contributed by atoms with van der Waals surface area (Å²) in [5, 5.41) is 13.4. The van der Waals surface area contributed by atoms with Crippen LogP contribution in [-0.2, 0) is 21.6 Å². The predicted molar refractivity (Wildman–Crippen MR) is 147 cm³/mol. The number of nitrogens with one attached hydrogen (secondary N) is 1. The van der Waals surface area contributed by atoms with Crippen LogP contribution in [0, 0.1) is 6.92 Å². The number of aryl methyl sites for hydroxylation is 1. The van der Waals surface area contributed by atoms with Crippen molar-refractivity contribution >= 4 is 52.5 Å². The number of nitrogens with zero attached hydrogens (tertiary/aromatic N) is 1. The zero-order valence-electron chi connectivity index (χ0n) is 19.8. The van der Waals surface area contributed by atoms with Gasteiger partial charge in [-0.2, -0.15) is 4.37 Å². The maximum Gasteiger partial charge on any atom is 0.412 e. The predicted octanol–water partition coefficient (Wildman–Crippen LogP) is 7.96. The number of benzene rings is 3. The van der Waals surface area contributed by atoms with Crippen molar-refractivity contribution in [3.05, 3.63) is 93.6 Å². The number of carboxylic acids is 1. The molecule has 0 aliphatic heterocycles. The number of carbonyl (C=O) groups is 2. The Bertz CT molecular complexity index is 1500. The van der Waals surface area contributed by atoms with E-state index in [1.807, 2.05) is 61.5 Å². The molecule has 1 aliphatic carbocycles. The largest absolute Gasteiger partial charge is 0.481 e. The molecule has 0 saturated heterocycles. The van der Waals surface area contributed by atoms with Gasteiger partial charge >= 0.3 is 12.1 Å². The van der Waals surface area contributed by atoms with Gasteiger partial charge in [0.25, 0.3) is 0 Å². The first-order valence-electron chi connectivity index (χ1n) is 11.6. The number of hydrogen-bond donors (Lipinski definition) is 2. The van der Waals surface area contributed by atoms with E-state index in [1.165, 1.54) is 11.5 Å². The number of aromatic nitrogens is 1. The van der Waals surface area contributed by atoms with Crippen LogP contribution in [0.3, 0.4) is 0 Å². The minimum atomic E-state index is -0.846. The second-order valence-electron chi connectivity index (χ2n) is 8.92. The van der Waals surface area contributed by atoms with Gasteiger partial charge in [-0.15, -0.1) is 0 Å². The molecule has 1 aliphatic rings. The summed E-state index contributed by atoms with van der Waals surface area (Å²) in [6, 6.07) is 20.5. The van der Waals surface area contributed by atoms with Crippen molar-refractivity contribution in [3.8, 4) is 21.6 Å². The molecule has 188 valence electrons. The molecule has 0 atom stereocenters. The molecule has 4 aromatic rings. The minimum absolute atomic E-state index is 0.0566. The SMILES string of the molecule is Cc1nsc(-c2ccc(-c3ccc(C4(C(=O)O)CC4)c(Cl)c3)cc2)c1NC(=O)OCc1ccccc1Cl. The lowest BCUT2D eigenvalue weighted by Gasteiger charge is -2.14. The van der Waals surface area contributed by atoms with Crippen molar-refractivity contribution < 1.29 is 19.4 Å². The molecule has 2 N–H and O–H groups in total. The Labute approximate surface area is 228 Å². The molecule has 0 unspecified atom stereocenters. The molecule has 0 bridgehead atoms. The minimum Gasteiger partial charge on any atom is -0.481 e. The number of hydrogen-bond acceptors (Lipinski definition) is 5. The fourth-order valence-electron chi connectivity index (χ4n) is 4.23. The summed E-state index contributed by atoms with van der Waals surface area (Å²) in [4.78, 5) is 25.0. The van der Waals surface area contributed by atoms with E-state index in [1.54, 1.807) is 12.1 Å². The van der Waals surface area contributed by atoms with E-state index in [-0.39, 0.29) is 6.61 Å². The van der Waals surface area contributed by atoms with Gasteiger partial charge in [-0.25, -0.2) is 4.79 Å². The van der Waals surface area contributed by atoms with E-state index >= 15 is 0 Å². The number of halogens is 2. The Morgan fingerprint density at radius 2 is 1.68 bits per heavy atom. The summed E-state index contributed by atoms with van der Waals surface area (Å²) in [7, 11) is 0. The van der Waals surface area contributed by atoms with Gasteiger partial charge in [0.05, 0.1) is 21.7 Å². The molecular formula is C28H22Cl2N2O4S. The lowest BCUT2D eigenvalue weighted by atomic mass is 9.93. The smallest absolute Gasteiger partial charge is 0.412 e. The summed E-state index contributed by atoms with van der Waals surface area (Å²) in [5.74, 6) is -0.830. The molecule has 5 rings (SSSR count). The molecule has 0 spiro atoms. The van der Waals surface area contributed by atoms with Crippen LogP contribution >= 0.6 is 34.7 Å². The summed E-state index contributed by atoms with van der Waals surface area (Å²) in [6.45, 7) is 1.88. The summed E-state index contributed by atoms with van der Waals surface area (Å²) in [6.07, 6.45) is 0.619. The maximum absolute atomic E-state index is 12.5. The molecule has 1 fully saturated rings. The van der Waals surface area contributed by atoms with Crippen LogP contribution in [0.2, 0.25) is 10.0 Å². The third-order valence-electron chi connectivity index (χ3n) is 6.53. The van der Waals surface area contributed by atoms with E-state index in [9.17, 15) is 14.7 Å². The van der Waals surface area contributed by atoms with Crippen LogP contribution in [0.15, 0.2) is 66.7 Å². The number of carbonyl (C=O) groups excluding carboxylic acids is 1. The lowest BCUT2D eigenvalue weighted by Crippen LogP contribution is -2.19. The molecular weight excluding hydrogens is 531 g/mol. The van der Waals surface area contributed by atoms with Crippen LogP contribution < -0.4 is 5.32 Å². The van der Waals surface area contributed by atoms with Crippen molar-refractivity contribution in [1.82, 2.24) is 4.37 Å². The van der Waals surface area contributed by atoms with Gasteiger partial charge in [-0.3, -0.25) is 10.1 Å². The van der Waals surface area contributed by atoms with Crippen LogP contribution in [0.5, 0.6) is 0 Å². The Hall–Kier alpha value is -3.39. The van der Waals surface area contributed by atoms with Crippen LogP contribution in [0.1, 0.15) is 29.7 Å².